The fraction of sp³-hybridized carbons (Fsp3) is 0.133. The van der Waals surface area contributed by atoms with Crippen LogP contribution in [0.3, 0.4) is 0 Å². The molecule has 1 heterocycles. The van der Waals surface area contributed by atoms with E-state index in [-0.39, 0.29) is 4.90 Å². The van der Waals surface area contributed by atoms with Crippen LogP contribution in [0, 0.1) is 6.92 Å². The summed E-state index contributed by atoms with van der Waals surface area (Å²) in [6, 6.07) is 11.8. The van der Waals surface area contributed by atoms with Gasteiger partial charge in [0.05, 0.1) is 28.0 Å². The lowest BCUT2D eigenvalue weighted by molar-refractivity contribution is 0.403. The zero-order valence-corrected chi connectivity index (χ0v) is 13.7. The van der Waals surface area contributed by atoms with Crippen LogP contribution in [0.5, 0.6) is 5.75 Å². The van der Waals surface area contributed by atoms with Crippen molar-refractivity contribution in [1.29, 1.82) is 0 Å². The van der Waals surface area contributed by atoms with E-state index in [1.807, 2.05) is 6.92 Å². The number of fused-ring (bicyclic) bond motifs is 1. The highest BCUT2D eigenvalue weighted by Gasteiger charge is 2.19. The Labute approximate surface area is 132 Å². The molecule has 0 fully saturated rings. The highest BCUT2D eigenvalue weighted by atomic mass is 32.2. The largest absolute Gasteiger partial charge is 0.495 e. The van der Waals surface area contributed by atoms with Gasteiger partial charge in [-0.15, -0.1) is 11.3 Å². The average molecular weight is 334 g/mol. The van der Waals surface area contributed by atoms with E-state index in [9.17, 15) is 8.42 Å². The van der Waals surface area contributed by atoms with Gasteiger partial charge in [-0.2, -0.15) is 0 Å². The standard InChI is InChI=1S/C15H14N2O3S2/c1-10-16-12-8-7-11(9-14(12)21-10)17-22(18,19)15-6-4-3-5-13(15)20-2/h3-9,17H,1-2H3. The van der Waals surface area contributed by atoms with Crippen molar-refractivity contribution in [3.8, 4) is 5.75 Å². The summed E-state index contributed by atoms with van der Waals surface area (Å²) < 4.78 is 33.7. The number of anilines is 1. The second-order valence-corrected chi connectivity index (χ2v) is 7.56. The number of thiazole rings is 1. The van der Waals surface area contributed by atoms with Crippen LogP contribution in [0.1, 0.15) is 5.01 Å². The van der Waals surface area contributed by atoms with E-state index in [2.05, 4.69) is 9.71 Å². The highest BCUT2D eigenvalue weighted by Crippen LogP contribution is 2.28. The molecule has 0 atom stereocenters. The molecule has 22 heavy (non-hydrogen) atoms. The van der Waals surface area contributed by atoms with Crippen LogP contribution in [0.25, 0.3) is 10.2 Å². The van der Waals surface area contributed by atoms with Gasteiger partial charge in [-0.1, -0.05) is 12.1 Å². The van der Waals surface area contributed by atoms with Gasteiger partial charge in [-0.25, -0.2) is 13.4 Å². The van der Waals surface area contributed by atoms with Crippen LogP contribution in [-0.4, -0.2) is 20.5 Å². The summed E-state index contributed by atoms with van der Waals surface area (Å²) in [7, 11) is -2.26. The molecular formula is C15H14N2O3S2. The number of rotatable bonds is 4. The van der Waals surface area contributed by atoms with Crippen molar-refractivity contribution in [2.75, 3.05) is 11.8 Å². The van der Waals surface area contributed by atoms with E-state index in [0.29, 0.717) is 11.4 Å². The maximum Gasteiger partial charge on any atom is 0.265 e. The second-order valence-electron chi connectivity index (χ2n) is 4.67. The number of nitrogens with one attached hydrogen (secondary N) is 1. The molecule has 0 aliphatic rings. The molecule has 0 unspecified atom stereocenters. The van der Waals surface area contributed by atoms with Crippen molar-refractivity contribution in [3.05, 3.63) is 47.5 Å². The Bertz CT molecular complexity index is 933. The maximum absolute atomic E-state index is 12.5. The van der Waals surface area contributed by atoms with Gasteiger partial charge in [0.1, 0.15) is 10.6 Å². The molecule has 0 radical (unpaired) electrons. The van der Waals surface area contributed by atoms with E-state index in [0.717, 1.165) is 15.2 Å². The third-order valence-corrected chi connectivity index (χ3v) is 5.46. The van der Waals surface area contributed by atoms with E-state index in [1.165, 1.54) is 24.5 Å². The molecule has 0 aliphatic carbocycles. The first-order valence-electron chi connectivity index (χ1n) is 6.52. The van der Waals surface area contributed by atoms with Gasteiger partial charge in [-0.3, -0.25) is 4.72 Å². The highest BCUT2D eigenvalue weighted by molar-refractivity contribution is 7.92. The average Bonchev–Trinajstić information content (AvgIpc) is 2.86. The van der Waals surface area contributed by atoms with Gasteiger partial charge in [0.25, 0.3) is 10.0 Å². The lowest BCUT2D eigenvalue weighted by Gasteiger charge is -2.11. The van der Waals surface area contributed by atoms with Crippen molar-refractivity contribution in [2.24, 2.45) is 0 Å². The predicted molar refractivity (Wildman–Crippen MR) is 88.2 cm³/mol. The Balaban J connectivity index is 1.98. The topological polar surface area (TPSA) is 68.3 Å². The SMILES string of the molecule is COc1ccccc1S(=O)(=O)Nc1ccc2nc(C)sc2c1. The normalized spacial score (nSPS) is 11.5. The van der Waals surface area contributed by atoms with Gasteiger partial charge < -0.3 is 4.74 Å². The zero-order valence-electron chi connectivity index (χ0n) is 12.0. The first-order valence-corrected chi connectivity index (χ1v) is 8.82. The number of aryl methyl sites for hydroxylation is 1. The van der Waals surface area contributed by atoms with Crippen LogP contribution < -0.4 is 9.46 Å². The summed E-state index contributed by atoms with van der Waals surface area (Å²) in [5.41, 5.74) is 1.37. The maximum atomic E-state index is 12.5. The molecule has 114 valence electrons. The van der Waals surface area contributed by atoms with Gasteiger partial charge in [0.2, 0.25) is 0 Å². The summed E-state index contributed by atoms with van der Waals surface area (Å²) >= 11 is 1.53. The molecular weight excluding hydrogens is 320 g/mol. The molecule has 1 N–H and O–H groups in total. The quantitative estimate of drug-likeness (QED) is 0.794. The molecule has 3 rings (SSSR count). The van der Waals surface area contributed by atoms with Crippen molar-refractivity contribution in [2.45, 2.75) is 11.8 Å². The Hall–Kier alpha value is -2.12. The van der Waals surface area contributed by atoms with Crippen LogP contribution in [-0.2, 0) is 10.0 Å². The zero-order chi connectivity index (χ0) is 15.7. The number of para-hydroxylation sites is 1. The van der Waals surface area contributed by atoms with Gasteiger partial charge in [0, 0.05) is 0 Å². The number of hydrogen-bond acceptors (Lipinski definition) is 5. The molecule has 0 spiro atoms. The van der Waals surface area contributed by atoms with Crippen molar-refractivity contribution >= 4 is 37.3 Å². The number of ether oxygens (including phenoxy) is 1. The minimum atomic E-state index is -3.71. The number of nitrogens with zero attached hydrogens (tertiary/aromatic N) is 1. The first kappa shape index (κ1) is 14.8. The van der Waals surface area contributed by atoms with Crippen LogP contribution in [0.4, 0.5) is 5.69 Å². The third-order valence-electron chi connectivity index (χ3n) is 3.11. The molecule has 3 aromatic rings. The molecule has 0 amide bonds. The van der Waals surface area contributed by atoms with E-state index in [1.54, 1.807) is 36.4 Å². The fourth-order valence-corrected chi connectivity index (χ4v) is 4.24. The van der Waals surface area contributed by atoms with Gasteiger partial charge in [-0.05, 0) is 37.3 Å². The number of sulfonamides is 1. The van der Waals surface area contributed by atoms with Crippen molar-refractivity contribution in [3.63, 3.8) is 0 Å². The van der Waals surface area contributed by atoms with Crippen molar-refractivity contribution in [1.82, 2.24) is 4.98 Å². The Morgan fingerprint density at radius 2 is 1.95 bits per heavy atom. The molecule has 0 bridgehead atoms. The van der Waals surface area contributed by atoms with Crippen LogP contribution >= 0.6 is 11.3 Å². The number of methoxy groups -OCH3 is 1. The Kier molecular flexibility index (Phi) is 3.76. The predicted octanol–water partition coefficient (Wildman–Crippen LogP) is 3.41. The van der Waals surface area contributed by atoms with E-state index < -0.39 is 10.0 Å². The minimum Gasteiger partial charge on any atom is -0.495 e. The summed E-state index contributed by atoms with van der Waals surface area (Å²) in [5.74, 6) is 0.310. The van der Waals surface area contributed by atoms with Crippen LogP contribution in [0.2, 0.25) is 0 Å². The summed E-state index contributed by atoms with van der Waals surface area (Å²) in [6.45, 7) is 1.92. The minimum absolute atomic E-state index is 0.109. The summed E-state index contributed by atoms with van der Waals surface area (Å²) in [6.07, 6.45) is 0. The number of benzene rings is 2. The first-order chi connectivity index (χ1) is 10.5. The number of aromatic nitrogens is 1. The molecule has 2 aromatic carbocycles. The molecule has 0 saturated carbocycles. The lowest BCUT2D eigenvalue weighted by Crippen LogP contribution is -2.13. The Morgan fingerprint density at radius 3 is 2.73 bits per heavy atom. The smallest absolute Gasteiger partial charge is 0.265 e. The second kappa shape index (κ2) is 5.58. The molecule has 1 aromatic heterocycles. The monoisotopic (exact) mass is 334 g/mol. The number of hydrogen-bond donors (Lipinski definition) is 1. The van der Waals surface area contributed by atoms with Gasteiger partial charge >= 0.3 is 0 Å². The van der Waals surface area contributed by atoms with Crippen LogP contribution in [0.15, 0.2) is 47.4 Å². The third kappa shape index (κ3) is 2.77. The van der Waals surface area contributed by atoms with Crippen molar-refractivity contribution < 1.29 is 13.2 Å². The molecule has 0 aliphatic heterocycles. The van der Waals surface area contributed by atoms with E-state index >= 15 is 0 Å². The molecule has 5 nitrogen and oxygen atoms in total. The molecule has 7 heteroatoms. The summed E-state index contributed by atoms with van der Waals surface area (Å²) in [5, 5.41) is 0.944. The van der Waals surface area contributed by atoms with Gasteiger partial charge in [0.15, 0.2) is 0 Å². The van der Waals surface area contributed by atoms with E-state index in [4.69, 9.17) is 4.74 Å². The summed E-state index contributed by atoms with van der Waals surface area (Å²) in [4.78, 5) is 4.47. The Morgan fingerprint density at radius 1 is 1.18 bits per heavy atom. The lowest BCUT2D eigenvalue weighted by atomic mass is 10.3. The molecule has 0 saturated heterocycles. The fourth-order valence-electron chi connectivity index (χ4n) is 2.15.